The van der Waals surface area contributed by atoms with Crippen LogP contribution in [0.5, 0.6) is 5.75 Å². The van der Waals surface area contributed by atoms with Crippen LogP contribution in [0.3, 0.4) is 0 Å². The maximum absolute atomic E-state index is 10.5. The van der Waals surface area contributed by atoms with E-state index in [1.807, 2.05) is 62.4 Å². The standard InChI is InChI=1S/C21H31NO2/c1-5-6-7-8-9-10-11-12-17(2)22-18(3)21(23)19-13-15-20(24-4)16-14-19/h5-10,13-18,21-23H,11-12H2,1-4H3/b6-5-,8-7-,10-9?. The van der Waals surface area contributed by atoms with Crippen molar-refractivity contribution < 1.29 is 9.84 Å². The van der Waals surface area contributed by atoms with Gasteiger partial charge in [-0.05, 0) is 51.3 Å². The van der Waals surface area contributed by atoms with E-state index in [9.17, 15) is 5.11 Å². The van der Waals surface area contributed by atoms with Crippen LogP contribution in [0.25, 0.3) is 0 Å². The van der Waals surface area contributed by atoms with Gasteiger partial charge in [-0.1, -0.05) is 48.6 Å². The Hall–Kier alpha value is -1.84. The van der Waals surface area contributed by atoms with E-state index in [1.165, 1.54) is 0 Å². The Morgan fingerprint density at radius 3 is 2.38 bits per heavy atom. The summed E-state index contributed by atoms with van der Waals surface area (Å²) in [4.78, 5) is 0. The lowest BCUT2D eigenvalue weighted by Gasteiger charge is -2.24. The average molecular weight is 329 g/mol. The zero-order chi connectivity index (χ0) is 17.8. The van der Waals surface area contributed by atoms with E-state index in [2.05, 4.69) is 24.4 Å². The molecule has 0 aliphatic heterocycles. The third-order valence-corrected chi connectivity index (χ3v) is 3.91. The van der Waals surface area contributed by atoms with Crippen molar-refractivity contribution in [2.24, 2.45) is 0 Å². The van der Waals surface area contributed by atoms with E-state index in [0.29, 0.717) is 6.04 Å². The summed E-state index contributed by atoms with van der Waals surface area (Å²) in [6.07, 6.45) is 13.8. The van der Waals surface area contributed by atoms with Gasteiger partial charge in [-0.3, -0.25) is 0 Å². The zero-order valence-corrected chi connectivity index (χ0v) is 15.3. The summed E-state index contributed by atoms with van der Waals surface area (Å²) in [5, 5.41) is 13.9. The molecule has 3 heteroatoms. The van der Waals surface area contributed by atoms with E-state index < -0.39 is 6.10 Å². The van der Waals surface area contributed by atoms with Crippen LogP contribution in [0.4, 0.5) is 0 Å². The fraction of sp³-hybridized carbons (Fsp3) is 0.429. The van der Waals surface area contributed by atoms with Gasteiger partial charge in [0.25, 0.3) is 0 Å². The molecule has 0 aliphatic rings. The molecule has 24 heavy (non-hydrogen) atoms. The Morgan fingerprint density at radius 2 is 1.75 bits per heavy atom. The number of ether oxygens (including phenoxy) is 1. The van der Waals surface area contributed by atoms with Gasteiger partial charge in [-0.25, -0.2) is 0 Å². The van der Waals surface area contributed by atoms with Crippen molar-refractivity contribution in [2.45, 2.75) is 51.8 Å². The number of hydrogen-bond acceptors (Lipinski definition) is 3. The van der Waals surface area contributed by atoms with Crippen molar-refractivity contribution in [2.75, 3.05) is 7.11 Å². The Morgan fingerprint density at radius 1 is 1.08 bits per heavy atom. The van der Waals surface area contributed by atoms with Crippen LogP contribution in [0.15, 0.2) is 60.7 Å². The summed E-state index contributed by atoms with van der Waals surface area (Å²) in [6.45, 7) is 6.17. The lowest BCUT2D eigenvalue weighted by Crippen LogP contribution is -2.38. The molecule has 0 radical (unpaired) electrons. The lowest BCUT2D eigenvalue weighted by atomic mass is 10.0. The minimum absolute atomic E-state index is 0.00744. The minimum Gasteiger partial charge on any atom is -0.497 e. The normalized spacial score (nSPS) is 16.0. The number of nitrogens with one attached hydrogen (secondary N) is 1. The van der Waals surface area contributed by atoms with Crippen molar-refractivity contribution in [3.05, 3.63) is 66.3 Å². The van der Waals surface area contributed by atoms with Crippen molar-refractivity contribution >= 4 is 0 Å². The van der Waals surface area contributed by atoms with Crippen molar-refractivity contribution in [1.29, 1.82) is 0 Å². The van der Waals surface area contributed by atoms with E-state index in [1.54, 1.807) is 7.11 Å². The molecule has 2 N–H and O–H groups in total. The van der Waals surface area contributed by atoms with Crippen LogP contribution in [0.2, 0.25) is 0 Å². The van der Waals surface area contributed by atoms with Gasteiger partial charge in [0.1, 0.15) is 5.75 Å². The highest BCUT2D eigenvalue weighted by molar-refractivity contribution is 5.29. The first-order valence-electron chi connectivity index (χ1n) is 8.61. The van der Waals surface area contributed by atoms with Crippen molar-refractivity contribution in [3.63, 3.8) is 0 Å². The SMILES string of the molecule is C/C=C\C=C/C=CCCC(C)NC(C)C(O)c1ccc(OC)cc1. The highest BCUT2D eigenvalue weighted by Gasteiger charge is 2.17. The van der Waals surface area contributed by atoms with Gasteiger partial charge in [0.05, 0.1) is 13.2 Å². The molecule has 1 rings (SSSR count). The molecule has 132 valence electrons. The third-order valence-electron chi connectivity index (χ3n) is 3.91. The van der Waals surface area contributed by atoms with Crippen molar-refractivity contribution in [1.82, 2.24) is 5.32 Å². The maximum atomic E-state index is 10.5. The summed E-state index contributed by atoms with van der Waals surface area (Å²) < 4.78 is 5.15. The molecule has 0 saturated heterocycles. The first kappa shape index (κ1) is 20.2. The molecule has 0 saturated carbocycles. The Labute approximate surface area is 146 Å². The van der Waals surface area contributed by atoms with Crippen LogP contribution in [-0.2, 0) is 0 Å². The number of benzene rings is 1. The number of rotatable bonds is 10. The predicted octanol–water partition coefficient (Wildman–Crippen LogP) is 4.56. The monoisotopic (exact) mass is 329 g/mol. The molecule has 0 aliphatic carbocycles. The molecule has 0 aromatic heterocycles. The van der Waals surface area contributed by atoms with Crippen LogP contribution in [-0.4, -0.2) is 24.3 Å². The Balaban J connectivity index is 2.37. The molecule has 3 nitrogen and oxygen atoms in total. The highest BCUT2D eigenvalue weighted by atomic mass is 16.5. The molecule has 0 spiro atoms. The minimum atomic E-state index is -0.530. The van der Waals surface area contributed by atoms with Gasteiger partial charge < -0.3 is 15.2 Å². The van der Waals surface area contributed by atoms with Gasteiger partial charge >= 0.3 is 0 Å². The summed E-state index contributed by atoms with van der Waals surface area (Å²) in [6, 6.07) is 7.91. The van der Waals surface area contributed by atoms with Crippen molar-refractivity contribution in [3.8, 4) is 5.75 Å². The van der Waals surface area contributed by atoms with E-state index in [4.69, 9.17) is 4.74 Å². The largest absolute Gasteiger partial charge is 0.497 e. The maximum Gasteiger partial charge on any atom is 0.118 e. The molecular weight excluding hydrogens is 298 g/mol. The van der Waals surface area contributed by atoms with Crippen LogP contribution in [0.1, 0.15) is 45.3 Å². The van der Waals surface area contributed by atoms with Gasteiger partial charge in [0, 0.05) is 12.1 Å². The van der Waals surface area contributed by atoms with E-state index in [0.717, 1.165) is 24.2 Å². The quantitative estimate of drug-likeness (QED) is 0.618. The first-order valence-corrected chi connectivity index (χ1v) is 8.61. The van der Waals surface area contributed by atoms with E-state index >= 15 is 0 Å². The van der Waals surface area contributed by atoms with Gasteiger partial charge in [-0.2, -0.15) is 0 Å². The number of hydrogen-bond donors (Lipinski definition) is 2. The topological polar surface area (TPSA) is 41.5 Å². The second kappa shape index (κ2) is 11.7. The molecule has 0 bridgehead atoms. The van der Waals surface area contributed by atoms with Crippen LogP contribution in [0, 0.1) is 0 Å². The van der Waals surface area contributed by atoms with Crippen LogP contribution < -0.4 is 10.1 Å². The lowest BCUT2D eigenvalue weighted by molar-refractivity contribution is 0.130. The number of aliphatic hydroxyl groups excluding tert-OH is 1. The summed E-state index contributed by atoms with van der Waals surface area (Å²) >= 11 is 0. The fourth-order valence-corrected chi connectivity index (χ4v) is 2.47. The molecule has 0 amide bonds. The molecule has 0 fully saturated rings. The van der Waals surface area contributed by atoms with Gasteiger partial charge in [0.15, 0.2) is 0 Å². The summed E-state index contributed by atoms with van der Waals surface area (Å²) in [5.41, 5.74) is 0.900. The molecular formula is C21H31NO2. The molecule has 1 aromatic carbocycles. The Kier molecular flexibility index (Phi) is 9.81. The number of aliphatic hydroxyl groups is 1. The number of allylic oxidation sites excluding steroid dienone is 6. The molecule has 3 atom stereocenters. The number of methoxy groups -OCH3 is 1. The zero-order valence-electron chi connectivity index (χ0n) is 15.3. The van der Waals surface area contributed by atoms with Gasteiger partial charge in [0.2, 0.25) is 0 Å². The predicted molar refractivity (Wildman–Crippen MR) is 102 cm³/mol. The summed E-state index contributed by atoms with van der Waals surface area (Å²) in [7, 11) is 1.64. The highest BCUT2D eigenvalue weighted by Crippen LogP contribution is 2.20. The average Bonchev–Trinajstić information content (AvgIpc) is 2.60. The second-order valence-electron chi connectivity index (χ2n) is 5.99. The first-order chi connectivity index (χ1) is 11.6. The second-order valence-corrected chi connectivity index (χ2v) is 5.99. The summed E-state index contributed by atoms with van der Waals surface area (Å²) in [5.74, 6) is 0.801. The third kappa shape index (κ3) is 7.62. The van der Waals surface area contributed by atoms with Gasteiger partial charge in [-0.15, -0.1) is 0 Å². The Bertz CT molecular complexity index is 531. The smallest absolute Gasteiger partial charge is 0.118 e. The van der Waals surface area contributed by atoms with E-state index in [-0.39, 0.29) is 6.04 Å². The molecule has 0 heterocycles. The molecule has 1 aromatic rings. The van der Waals surface area contributed by atoms with Crippen LogP contribution >= 0.6 is 0 Å². The molecule has 3 unspecified atom stereocenters. The fourth-order valence-electron chi connectivity index (χ4n) is 2.47.